The Balaban J connectivity index is 1.89. The highest BCUT2D eigenvalue weighted by molar-refractivity contribution is 5.76. The van der Waals surface area contributed by atoms with Crippen LogP contribution in [0.3, 0.4) is 0 Å². The van der Waals surface area contributed by atoms with Crippen LogP contribution in [-0.2, 0) is 24.3 Å². The minimum atomic E-state index is -0.363. The summed E-state index contributed by atoms with van der Waals surface area (Å²) in [6.07, 6.45) is 4.69. The van der Waals surface area contributed by atoms with Crippen molar-refractivity contribution in [1.29, 1.82) is 0 Å². The molecule has 0 aliphatic carbocycles. The maximum atomic E-state index is 13.0. The zero-order valence-corrected chi connectivity index (χ0v) is 16.4. The number of aromatic nitrogens is 4. The lowest BCUT2D eigenvalue weighted by molar-refractivity contribution is -0.121. The van der Waals surface area contributed by atoms with Crippen molar-refractivity contribution in [3.8, 4) is 11.5 Å². The van der Waals surface area contributed by atoms with E-state index in [-0.39, 0.29) is 36.9 Å². The average molecular weight is 393 g/mol. The molecule has 0 bridgehead atoms. The van der Waals surface area contributed by atoms with Crippen LogP contribution in [0.1, 0.15) is 22.4 Å². The summed E-state index contributed by atoms with van der Waals surface area (Å²) in [7, 11) is 0. The van der Waals surface area contributed by atoms with E-state index in [1.807, 2.05) is 31.2 Å². The number of aliphatic hydroxyl groups excluding tert-OH is 1. The number of hydrogen-bond donors (Lipinski definition) is 2. The Labute approximate surface area is 168 Å². The molecule has 1 aromatic carbocycles. The summed E-state index contributed by atoms with van der Waals surface area (Å²) in [6.45, 7) is 3.67. The van der Waals surface area contributed by atoms with E-state index < -0.39 is 0 Å². The lowest BCUT2D eigenvalue weighted by Gasteiger charge is -2.15. The lowest BCUT2D eigenvalue weighted by Crippen LogP contribution is -2.35. The summed E-state index contributed by atoms with van der Waals surface area (Å²) in [4.78, 5) is 38.3. The van der Waals surface area contributed by atoms with Crippen LogP contribution in [0.5, 0.6) is 0 Å². The Kier molecular flexibility index (Phi) is 6.46. The summed E-state index contributed by atoms with van der Waals surface area (Å²) >= 11 is 0. The van der Waals surface area contributed by atoms with Crippen LogP contribution in [0.2, 0.25) is 0 Å². The molecule has 8 heteroatoms. The average Bonchev–Trinajstić information content (AvgIpc) is 2.73. The van der Waals surface area contributed by atoms with Crippen LogP contribution in [0.15, 0.2) is 47.7 Å². The smallest absolute Gasteiger partial charge is 0.257 e. The van der Waals surface area contributed by atoms with E-state index in [0.29, 0.717) is 23.5 Å². The van der Waals surface area contributed by atoms with Crippen molar-refractivity contribution in [2.75, 3.05) is 6.61 Å². The third-order valence-electron chi connectivity index (χ3n) is 4.54. The van der Waals surface area contributed by atoms with Crippen molar-refractivity contribution in [2.24, 2.45) is 0 Å². The van der Waals surface area contributed by atoms with Gasteiger partial charge in [-0.2, -0.15) is 0 Å². The van der Waals surface area contributed by atoms with Gasteiger partial charge in [-0.3, -0.25) is 19.1 Å². The van der Waals surface area contributed by atoms with E-state index in [4.69, 9.17) is 0 Å². The number of carbonyl (C=O) groups excluding carboxylic acids is 1. The second-order valence-corrected chi connectivity index (χ2v) is 6.72. The first kappa shape index (κ1) is 20.3. The first-order valence-corrected chi connectivity index (χ1v) is 9.29. The van der Waals surface area contributed by atoms with Crippen LogP contribution < -0.4 is 10.9 Å². The quantitative estimate of drug-likeness (QED) is 0.624. The minimum absolute atomic E-state index is 0.170. The van der Waals surface area contributed by atoms with Gasteiger partial charge < -0.3 is 10.4 Å². The molecule has 3 rings (SSSR count). The lowest BCUT2D eigenvalue weighted by atomic mass is 10.1. The SMILES string of the molecule is Cc1ccc(CNC(=O)Cn2c(-c3cnccn3)nc(C)c(CCO)c2=O)cc1. The van der Waals surface area contributed by atoms with Gasteiger partial charge in [0.05, 0.1) is 6.20 Å². The molecule has 8 nitrogen and oxygen atoms in total. The molecule has 0 saturated heterocycles. The molecule has 29 heavy (non-hydrogen) atoms. The normalized spacial score (nSPS) is 10.7. The van der Waals surface area contributed by atoms with Gasteiger partial charge in [0.15, 0.2) is 5.82 Å². The predicted octanol–water partition coefficient (Wildman–Crippen LogP) is 1.17. The number of rotatable bonds is 7. The monoisotopic (exact) mass is 393 g/mol. The van der Waals surface area contributed by atoms with Crippen LogP contribution in [0, 0.1) is 13.8 Å². The molecular weight excluding hydrogens is 370 g/mol. The van der Waals surface area contributed by atoms with Crippen molar-refractivity contribution in [3.63, 3.8) is 0 Å². The summed E-state index contributed by atoms with van der Waals surface area (Å²) in [5, 5.41) is 12.1. The highest BCUT2D eigenvalue weighted by atomic mass is 16.3. The van der Waals surface area contributed by atoms with Gasteiger partial charge in [-0.15, -0.1) is 0 Å². The Bertz CT molecular complexity index is 1050. The number of aryl methyl sites for hydroxylation is 2. The van der Waals surface area contributed by atoms with E-state index in [1.54, 1.807) is 6.92 Å². The van der Waals surface area contributed by atoms with E-state index in [2.05, 4.69) is 20.3 Å². The van der Waals surface area contributed by atoms with Gasteiger partial charge >= 0.3 is 0 Å². The Hall–Kier alpha value is -3.39. The summed E-state index contributed by atoms with van der Waals surface area (Å²) in [6, 6.07) is 7.84. The molecule has 3 aromatic rings. The molecule has 0 spiro atoms. The maximum Gasteiger partial charge on any atom is 0.257 e. The number of nitrogens with one attached hydrogen (secondary N) is 1. The van der Waals surface area contributed by atoms with E-state index in [1.165, 1.54) is 23.2 Å². The van der Waals surface area contributed by atoms with E-state index >= 15 is 0 Å². The predicted molar refractivity (Wildman–Crippen MR) is 108 cm³/mol. The molecule has 0 atom stereocenters. The second kappa shape index (κ2) is 9.20. The van der Waals surface area contributed by atoms with Crippen molar-refractivity contribution in [2.45, 2.75) is 33.4 Å². The molecule has 0 fully saturated rings. The van der Waals surface area contributed by atoms with Crippen molar-refractivity contribution in [3.05, 3.63) is 75.6 Å². The van der Waals surface area contributed by atoms with Gasteiger partial charge in [-0.25, -0.2) is 9.97 Å². The molecule has 0 radical (unpaired) electrons. The molecule has 2 aromatic heterocycles. The van der Waals surface area contributed by atoms with Crippen molar-refractivity contribution in [1.82, 2.24) is 24.8 Å². The zero-order valence-electron chi connectivity index (χ0n) is 16.4. The van der Waals surface area contributed by atoms with E-state index in [0.717, 1.165) is 11.1 Å². The fourth-order valence-electron chi connectivity index (χ4n) is 2.96. The molecule has 0 unspecified atom stereocenters. The third-order valence-corrected chi connectivity index (χ3v) is 4.54. The standard InChI is InChI=1S/C21H23N5O3/c1-14-3-5-16(6-4-14)11-24-19(28)13-26-20(18-12-22-8-9-23-18)25-15(2)17(7-10-27)21(26)29/h3-6,8-9,12,27H,7,10-11,13H2,1-2H3,(H,24,28). The van der Waals surface area contributed by atoms with Gasteiger partial charge in [0.1, 0.15) is 12.2 Å². The zero-order chi connectivity index (χ0) is 20.8. The minimum Gasteiger partial charge on any atom is -0.396 e. The molecular formula is C21H23N5O3. The highest BCUT2D eigenvalue weighted by Gasteiger charge is 2.18. The molecule has 1 amide bonds. The number of amides is 1. The van der Waals surface area contributed by atoms with Gasteiger partial charge in [0, 0.05) is 43.2 Å². The number of carbonyl (C=O) groups is 1. The fraction of sp³-hybridized carbons (Fsp3) is 0.286. The highest BCUT2D eigenvalue weighted by Crippen LogP contribution is 2.14. The van der Waals surface area contributed by atoms with Crippen molar-refractivity contribution < 1.29 is 9.90 Å². The van der Waals surface area contributed by atoms with Gasteiger partial charge in [-0.05, 0) is 19.4 Å². The Morgan fingerprint density at radius 3 is 2.59 bits per heavy atom. The number of nitrogens with zero attached hydrogens (tertiary/aromatic N) is 4. The maximum absolute atomic E-state index is 13.0. The number of benzene rings is 1. The number of aliphatic hydroxyl groups is 1. The van der Waals surface area contributed by atoms with Gasteiger partial charge in [-0.1, -0.05) is 29.8 Å². The Morgan fingerprint density at radius 2 is 1.93 bits per heavy atom. The van der Waals surface area contributed by atoms with Gasteiger partial charge in [0.2, 0.25) is 5.91 Å². The van der Waals surface area contributed by atoms with Crippen LogP contribution in [0.4, 0.5) is 0 Å². The second-order valence-electron chi connectivity index (χ2n) is 6.72. The molecule has 150 valence electrons. The van der Waals surface area contributed by atoms with Crippen LogP contribution >= 0.6 is 0 Å². The largest absolute Gasteiger partial charge is 0.396 e. The summed E-state index contributed by atoms with van der Waals surface area (Å²) < 4.78 is 1.28. The van der Waals surface area contributed by atoms with Crippen LogP contribution in [-0.4, -0.2) is 37.1 Å². The summed E-state index contributed by atoms with van der Waals surface area (Å²) in [5.41, 5.74) is 3.02. The molecule has 0 aliphatic rings. The fourth-order valence-corrected chi connectivity index (χ4v) is 2.96. The number of hydrogen-bond acceptors (Lipinski definition) is 6. The first-order chi connectivity index (χ1) is 14.0. The molecule has 2 N–H and O–H groups in total. The van der Waals surface area contributed by atoms with Crippen molar-refractivity contribution >= 4 is 5.91 Å². The topological polar surface area (TPSA) is 110 Å². The third kappa shape index (κ3) is 4.91. The molecule has 0 aliphatic heterocycles. The van der Waals surface area contributed by atoms with Gasteiger partial charge in [0.25, 0.3) is 5.56 Å². The summed E-state index contributed by atoms with van der Waals surface area (Å²) in [5.74, 6) is -0.0498. The van der Waals surface area contributed by atoms with Crippen LogP contribution in [0.25, 0.3) is 11.5 Å². The molecule has 0 saturated carbocycles. The van der Waals surface area contributed by atoms with E-state index in [9.17, 15) is 14.7 Å². The molecule has 2 heterocycles. The Morgan fingerprint density at radius 1 is 1.17 bits per heavy atom. The first-order valence-electron chi connectivity index (χ1n) is 9.29.